The molecule has 0 aliphatic heterocycles. The SMILES string of the molecule is CC[C@H](OC(N)=O)C(=O)c1nc2cccnc2o1. The number of pyridine rings is 1. The van der Waals surface area contributed by atoms with Crippen molar-refractivity contribution in [1.82, 2.24) is 9.97 Å². The van der Waals surface area contributed by atoms with E-state index in [0.29, 0.717) is 5.52 Å². The van der Waals surface area contributed by atoms with Crippen molar-refractivity contribution < 1.29 is 18.7 Å². The zero-order valence-electron chi connectivity index (χ0n) is 9.62. The Morgan fingerprint density at radius 3 is 2.94 bits per heavy atom. The molecule has 7 nitrogen and oxygen atoms in total. The summed E-state index contributed by atoms with van der Waals surface area (Å²) in [5.41, 5.74) is 5.61. The average molecular weight is 249 g/mol. The molecule has 2 N–H and O–H groups in total. The molecule has 1 amide bonds. The summed E-state index contributed by atoms with van der Waals surface area (Å²) < 4.78 is 9.87. The van der Waals surface area contributed by atoms with Gasteiger partial charge in [-0.05, 0) is 18.6 Å². The maximum absolute atomic E-state index is 12.0. The lowest BCUT2D eigenvalue weighted by atomic mass is 10.2. The highest BCUT2D eigenvalue weighted by molar-refractivity contribution is 5.97. The van der Waals surface area contributed by atoms with Crippen molar-refractivity contribution in [2.45, 2.75) is 19.4 Å². The molecular formula is C11H11N3O4. The Bertz CT molecular complexity index is 560. The van der Waals surface area contributed by atoms with Gasteiger partial charge < -0.3 is 14.9 Å². The standard InChI is InChI=1S/C11H11N3O4/c1-2-7(17-11(12)16)8(15)10-14-6-4-3-5-13-9(6)18-10/h3-5,7H,2H2,1H3,(H2,12,16)/t7-/m0/s1. The maximum atomic E-state index is 12.0. The molecular weight excluding hydrogens is 238 g/mol. The van der Waals surface area contributed by atoms with E-state index in [2.05, 4.69) is 14.7 Å². The summed E-state index contributed by atoms with van der Waals surface area (Å²) >= 11 is 0. The smallest absolute Gasteiger partial charge is 0.405 e. The first kappa shape index (κ1) is 12.0. The largest absolute Gasteiger partial charge is 0.438 e. The van der Waals surface area contributed by atoms with Gasteiger partial charge in [0.25, 0.3) is 11.7 Å². The first-order valence-electron chi connectivity index (χ1n) is 5.33. The van der Waals surface area contributed by atoms with Crippen LogP contribution in [0.25, 0.3) is 11.2 Å². The molecule has 0 saturated heterocycles. The summed E-state index contributed by atoms with van der Waals surface area (Å²) in [5, 5.41) is 0. The van der Waals surface area contributed by atoms with E-state index in [-0.39, 0.29) is 18.0 Å². The molecule has 0 aliphatic carbocycles. The lowest BCUT2D eigenvalue weighted by Crippen LogP contribution is -2.29. The Balaban J connectivity index is 2.29. The zero-order valence-corrected chi connectivity index (χ0v) is 9.62. The topological polar surface area (TPSA) is 108 Å². The molecule has 7 heteroatoms. The number of oxazole rings is 1. The van der Waals surface area contributed by atoms with Gasteiger partial charge in [-0.3, -0.25) is 4.79 Å². The molecule has 18 heavy (non-hydrogen) atoms. The van der Waals surface area contributed by atoms with Gasteiger partial charge in [0.2, 0.25) is 5.71 Å². The van der Waals surface area contributed by atoms with Crippen LogP contribution in [0.1, 0.15) is 24.0 Å². The number of hydrogen-bond donors (Lipinski definition) is 1. The first-order valence-corrected chi connectivity index (χ1v) is 5.33. The summed E-state index contributed by atoms with van der Waals surface area (Å²) in [7, 11) is 0. The third-order valence-corrected chi connectivity index (χ3v) is 2.30. The van der Waals surface area contributed by atoms with Crippen molar-refractivity contribution in [3.63, 3.8) is 0 Å². The number of carbonyl (C=O) groups is 2. The van der Waals surface area contributed by atoms with Gasteiger partial charge in [-0.2, -0.15) is 0 Å². The average Bonchev–Trinajstić information content (AvgIpc) is 2.78. The maximum Gasteiger partial charge on any atom is 0.405 e. The molecule has 0 unspecified atom stereocenters. The van der Waals surface area contributed by atoms with Crippen molar-refractivity contribution in [3.8, 4) is 0 Å². The third kappa shape index (κ3) is 2.29. The van der Waals surface area contributed by atoms with Crippen LogP contribution in [-0.2, 0) is 4.74 Å². The van der Waals surface area contributed by atoms with Gasteiger partial charge in [-0.25, -0.2) is 14.8 Å². The fourth-order valence-corrected chi connectivity index (χ4v) is 1.48. The fraction of sp³-hybridized carbons (Fsp3) is 0.273. The van der Waals surface area contributed by atoms with Crippen LogP contribution in [0.5, 0.6) is 0 Å². The van der Waals surface area contributed by atoms with Crippen molar-refractivity contribution in [1.29, 1.82) is 0 Å². The minimum Gasteiger partial charge on any atom is -0.438 e. The van der Waals surface area contributed by atoms with E-state index in [4.69, 9.17) is 10.2 Å². The molecule has 0 aliphatic rings. The van der Waals surface area contributed by atoms with E-state index >= 15 is 0 Å². The summed E-state index contributed by atoms with van der Waals surface area (Å²) in [4.78, 5) is 30.5. The van der Waals surface area contributed by atoms with E-state index in [9.17, 15) is 9.59 Å². The second kappa shape index (κ2) is 4.82. The summed E-state index contributed by atoms with van der Waals surface area (Å²) in [5.74, 6) is -0.675. The molecule has 94 valence electrons. The third-order valence-electron chi connectivity index (χ3n) is 2.30. The minimum atomic E-state index is -1.01. The second-order valence-electron chi connectivity index (χ2n) is 3.54. The minimum absolute atomic E-state index is 0.142. The molecule has 2 heterocycles. The number of hydrogen-bond acceptors (Lipinski definition) is 6. The molecule has 0 spiro atoms. The van der Waals surface area contributed by atoms with Crippen molar-refractivity contribution in [3.05, 3.63) is 24.2 Å². The lowest BCUT2D eigenvalue weighted by molar-refractivity contribution is 0.0616. The van der Waals surface area contributed by atoms with Gasteiger partial charge in [0.1, 0.15) is 5.52 Å². The number of fused-ring (bicyclic) bond motifs is 1. The van der Waals surface area contributed by atoms with E-state index in [1.165, 1.54) is 6.20 Å². The molecule has 2 rings (SSSR count). The van der Waals surface area contributed by atoms with Crippen LogP contribution >= 0.6 is 0 Å². The molecule has 0 radical (unpaired) electrons. The van der Waals surface area contributed by atoms with Gasteiger partial charge in [0, 0.05) is 6.20 Å². The number of ether oxygens (including phenoxy) is 1. The summed E-state index contributed by atoms with van der Waals surface area (Å²) in [6.07, 6.45) is -0.188. The van der Waals surface area contributed by atoms with E-state index in [1.807, 2.05) is 0 Å². The van der Waals surface area contributed by atoms with Crippen LogP contribution in [0.4, 0.5) is 4.79 Å². The number of aromatic nitrogens is 2. The Morgan fingerprint density at radius 2 is 2.33 bits per heavy atom. The summed E-state index contributed by atoms with van der Waals surface area (Å²) in [6.45, 7) is 1.69. The highest BCUT2D eigenvalue weighted by Crippen LogP contribution is 2.15. The number of nitrogens with zero attached hydrogens (tertiary/aromatic N) is 2. The highest BCUT2D eigenvalue weighted by atomic mass is 16.6. The molecule has 0 bridgehead atoms. The summed E-state index contributed by atoms with van der Waals surface area (Å²) in [6, 6.07) is 3.34. The van der Waals surface area contributed by atoms with Crippen LogP contribution in [0.3, 0.4) is 0 Å². The predicted molar refractivity (Wildman–Crippen MR) is 60.9 cm³/mol. The highest BCUT2D eigenvalue weighted by Gasteiger charge is 2.26. The molecule has 0 saturated carbocycles. The van der Waals surface area contributed by atoms with Crippen LogP contribution < -0.4 is 5.73 Å². The predicted octanol–water partition coefficient (Wildman–Crippen LogP) is 1.28. The number of carbonyl (C=O) groups excluding carboxylic acids is 2. The number of Topliss-reactive ketones (excluding diaryl/α,β-unsaturated/α-hetero) is 1. The Morgan fingerprint density at radius 1 is 1.56 bits per heavy atom. The second-order valence-corrected chi connectivity index (χ2v) is 3.54. The number of ketones is 1. The molecule has 0 fully saturated rings. The van der Waals surface area contributed by atoms with Gasteiger partial charge in [-0.1, -0.05) is 6.92 Å². The van der Waals surface area contributed by atoms with Gasteiger partial charge >= 0.3 is 6.09 Å². The molecule has 1 atom stereocenters. The van der Waals surface area contributed by atoms with Crippen LogP contribution in [0, 0.1) is 0 Å². The Hall–Kier alpha value is -2.44. The lowest BCUT2D eigenvalue weighted by Gasteiger charge is -2.10. The molecule has 2 aromatic rings. The zero-order chi connectivity index (χ0) is 13.1. The first-order chi connectivity index (χ1) is 8.61. The number of rotatable bonds is 4. The monoisotopic (exact) mass is 249 g/mol. The molecule has 0 aromatic carbocycles. The van der Waals surface area contributed by atoms with Crippen molar-refractivity contribution in [2.75, 3.05) is 0 Å². The van der Waals surface area contributed by atoms with E-state index < -0.39 is 18.0 Å². The van der Waals surface area contributed by atoms with Gasteiger partial charge in [-0.15, -0.1) is 0 Å². The normalized spacial score (nSPS) is 12.3. The van der Waals surface area contributed by atoms with Crippen molar-refractivity contribution >= 4 is 23.1 Å². The van der Waals surface area contributed by atoms with Crippen molar-refractivity contribution in [2.24, 2.45) is 5.73 Å². The van der Waals surface area contributed by atoms with E-state index in [1.54, 1.807) is 19.1 Å². The number of amides is 1. The Labute approximate surface area is 102 Å². The number of primary amides is 1. The number of nitrogens with two attached hydrogens (primary N) is 1. The van der Waals surface area contributed by atoms with Crippen LogP contribution in [0.2, 0.25) is 0 Å². The molecule has 2 aromatic heterocycles. The van der Waals surface area contributed by atoms with Gasteiger partial charge in [0.05, 0.1) is 0 Å². The van der Waals surface area contributed by atoms with Gasteiger partial charge in [0.15, 0.2) is 6.10 Å². The van der Waals surface area contributed by atoms with E-state index in [0.717, 1.165) is 0 Å². The quantitative estimate of drug-likeness (QED) is 0.817. The Kier molecular flexibility index (Phi) is 3.22. The fourth-order valence-electron chi connectivity index (χ4n) is 1.48. The van der Waals surface area contributed by atoms with Crippen LogP contribution in [0.15, 0.2) is 22.7 Å². The van der Waals surface area contributed by atoms with Crippen LogP contribution in [-0.4, -0.2) is 27.9 Å².